The summed E-state index contributed by atoms with van der Waals surface area (Å²) >= 11 is 0. The summed E-state index contributed by atoms with van der Waals surface area (Å²) in [4.78, 5) is 2.12. The summed E-state index contributed by atoms with van der Waals surface area (Å²) in [7, 11) is 3.34. The highest BCUT2D eigenvalue weighted by Gasteiger charge is 2.14. The lowest BCUT2D eigenvalue weighted by atomic mass is 10.1. The zero-order valence-electron chi connectivity index (χ0n) is 12.6. The zero-order valence-corrected chi connectivity index (χ0v) is 12.6. The van der Waals surface area contributed by atoms with Gasteiger partial charge in [0.2, 0.25) is 0 Å². The van der Waals surface area contributed by atoms with Crippen LogP contribution in [-0.4, -0.2) is 57.1 Å². The van der Waals surface area contributed by atoms with Crippen LogP contribution in [-0.2, 0) is 9.47 Å². The minimum Gasteiger partial charge on any atom is -0.399 e. The predicted octanol–water partition coefficient (Wildman–Crippen LogP) is 1.21. The number of nitrogen functional groups attached to an aromatic ring is 1. The van der Waals surface area contributed by atoms with E-state index in [-0.39, 0.29) is 0 Å². The van der Waals surface area contributed by atoms with E-state index in [0.29, 0.717) is 25.4 Å². The van der Waals surface area contributed by atoms with E-state index in [1.165, 1.54) is 0 Å². The van der Waals surface area contributed by atoms with Crippen molar-refractivity contribution in [2.75, 3.05) is 52.8 Å². The Hall–Kier alpha value is -1.14. The molecule has 0 saturated heterocycles. The fourth-order valence-electron chi connectivity index (χ4n) is 1.95. The fourth-order valence-corrected chi connectivity index (χ4v) is 1.95. The van der Waals surface area contributed by atoms with Crippen LogP contribution < -0.4 is 5.73 Å². The van der Waals surface area contributed by atoms with Crippen LogP contribution in [0.4, 0.5) is 5.69 Å². The Bertz CT molecular complexity index is 391. The second kappa shape index (κ2) is 8.92. The molecule has 1 atom stereocenters. The summed E-state index contributed by atoms with van der Waals surface area (Å²) in [6.07, 6.45) is -0.563. The van der Waals surface area contributed by atoms with Crippen LogP contribution in [0, 0.1) is 6.92 Å². The highest BCUT2D eigenvalue weighted by molar-refractivity contribution is 5.48. The van der Waals surface area contributed by atoms with Crippen molar-refractivity contribution in [3.05, 3.63) is 29.3 Å². The molecule has 1 unspecified atom stereocenters. The molecular weight excluding hydrogens is 256 g/mol. The van der Waals surface area contributed by atoms with Gasteiger partial charge in [-0.15, -0.1) is 0 Å². The Morgan fingerprint density at radius 1 is 1.20 bits per heavy atom. The van der Waals surface area contributed by atoms with Gasteiger partial charge < -0.3 is 20.3 Å². The maximum Gasteiger partial charge on any atom is 0.0917 e. The number of hydrogen-bond acceptors (Lipinski definition) is 5. The van der Waals surface area contributed by atoms with E-state index in [0.717, 1.165) is 24.2 Å². The molecule has 0 aromatic heterocycles. The van der Waals surface area contributed by atoms with Crippen molar-refractivity contribution in [2.45, 2.75) is 13.0 Å². The highest BCUT2D eigenvalue weighted by Crippen LogP contribution is 2.19. The van der Waals surface area contributed by atoms with Crippen molar-refractivity contribution in [3.8, 4) is 0 Å². The van der Waals surface area contributed by atoms with Crippen molar-refractivity contribution < 1.29 is 14.6 Å². The summed E-state index contributed by atoms with van der Waals surface area (Å²) in [6, 6.07) is 5.69. The van der Waals surface area contributed by atoms with Crippen molar-refractivity contribution in [3.63, 3.8) is 0 Å². The van der Waals surface area contributed by atoms with Gasteiger partial charge in [0.05, 0.1) is 19.3 Å². The molecule has 1 aromatic carbocycles. The van der Waals surface area contributed by atoms with Gasteiger partial charge in [-0.2, -0.15) is 0 Å². The number of hydrogen-bond donors (Lipinski definition) is 2. The smallest absolute Gasteiger partial charge is 0.0917 e. The Balaban J connectivity index is 2.62. The Morgan fingerprint density at radius 2 is 1.80 bits per heavy atom. The van der Waals surface area contributed by atoms with Crippen molar-refractivity contribution in [1.29, 1.82) is 0 Å². The van der Waals surface area contributed by atoms with E-state index >= 15 is 0 Å². The highest BCUT2D eigenvalue weighted by atomic mass is 16.5. The van der Waals surface area contributed by atoms with Crippen LogP contribution in [0.1, 0.15) is 17.2 Å². The molecule has 0 aliphatic rings. The van der Waals surface area contributed by atoms with Crippen molar-refractivity contribution >= 4 is 5.69 Å². The van der Waals surface area contributed by atoms with Crippen LogP contribution in [0.25, 0.3) is 0 Å². The molecule has 0 aliphatic heterocycles. The van der Waals surface area contributed by atoms with E-state index in [4.69, 9.17) is 15.2 Å². The second-order valence-electron chi connectivity index (χ2n) is 4.92. The van der Waals surface area contributed by atoms with Gasteiger partial charge in [-0.05, 0) is 24.1 Å². The van der Waals surface area contributed by atoms with E-state index in [1.54, 1.807) is 14.2 Å². The summed E-state index contributed by atoms with van der Waals surface area (Å²) < 4.78 is 10.2. The normalized spacial score (nSPS) is 12.8. The van der Waals surface area contributed by atoms with Gasteiger partial charge in [-0.3, -0.25) is 4.90 Å². The number of aliphatic hydroxyl groups is 1. The first-order chi connectivity index (χ1) is 9.58. The standard InChI is InChI=1S/C15H26N2O3/c1-12-4-5-13(10-14(12)16)15(18)11-17(6-8-19-2)7-9-20-3/h4-5,10,15,18H,6-9,11,16H2,1-3H3. The quantitative estimate of drug-likeness (QED) is 0.666. The molecule has 0 fully saturated rings. The molecule has 1 aromatic rings. The van der Waals surface area contributed by atoms with Gasteiger partial charge in [0.1, 0.15) is 0 Å². The Labute approximate surface area is 121 Å². The van der Waals surface area contributed by atoms with Crippen LogP contribution in [0.3, 0.4) is 0 Å². The maximum atomic E-state index is 10.3. The zero-order chi connectivity index (χ0) is 15.0. The van der Waals surface area contributed by atoms with Gasteiger partial charge in [-0.1, -0.05) is 12.1 Å². The minimum absolute atomic E-state index is 0.537. The molecular formula is C15H26N2O3. The Morgan fingerprint density at radius 3 is 2.30 bits per heavy atom. The number of benzene rings is 1. The number of aliphatic hydroxyl groups excluding tert-OH is 1. The van der Waals surface area contributed by atoms with Crippen LogP contribution in [0.5, 0.6) is 0 Å². The van der Waals surface area contributed by atoms with E-state index in [1.807, 2.05) is 25.1 Å². The molecule has 0 radical (unpaired) electrons. The van der Waals surface area contributed by atoms with E-state index < -0.39 is 6.10 Å². The number of methoxy groups -OCH3 is 2. The van der Waals surface area contributed by atoms with Crippen molar-refractivity contribution in [2.24, 2.45) is 0 Å². The molecule has 3 N–H and O–H groups in total. The molecule has 5 heteroatoms. The Kier molecular flexibility index (Phi) is 7.54. The minimum atomic E-state index is -0.563. The average Bonchev–Trinajstić information content (AvgIpc) is 2.44. The molecule has 0 saturated carbocycles. The van der Waals surface area contributed by atoms with Crippen LogP contribution in [0.2, 0.25) is 0 Å². The fraction of sp³-hybridized carbons (Fsp3) is 0.600. The first kappa shape index (κ1) is 16.9. The summed E-state index contributed by atoms with van der Waals surface area (Å²) in [5.41, 5.74) is 8.46. The van der Waals surface area contributed by atoms with Crippen molar-refractivity contribution in [1.82, 2.24) is 4.90 Å². The van der Waals surface area contributed by atoms with Gasteiger partial charge >= 0.3 is 0 Å². The number of nitrogens with zero attached hydrogens (tertiary/aromatic N) is 1. The number of aryl methyl sites for hydroxylation is 1. The number of anilines is 1. The van der Waals surface area contributed by atoms with Crippen LogP contribution >= 0.6 is 0 Å². The number of ether oxygens (including phenoxy) is 2. The third kappa shape index (κ3) is 5.46. The molecule has 0 aliphatic carbocycles. The van der Waals surface area contributed by atoms with Crippen LogP contribution in [0.15, 0.2) is 18.2 Å². The molecule has 0 amide bonds. The monoisotopic (exact) mass is 282 g/mol. The summed E-state index contributed by atoms with van der Waals surface area (Å²) in [6.45, 7) is 5.28. The molecule has 0 heterocycles. The topological polar surface area (TPSA) is 68.0 Å². The maximum absolute atomic E-state index is 10.3. The largest absolute Gasteiger partial charge is 0.399 e. The number of nitrogens with two attached hydrogens (primary N) is 1. The summed E-state index contributed by atoms with van der Waals surface area (Å²) in [5, 5.41) is 10.3. The lowest BCUT2D eigenvalue weighted by Crippen LogP contribution is -2.34. The first-order valence-electron chi connectivity index (χ1n) is 6.82. The predicted molar refractivity (Wildman–Crippen MR) is 80.7 cm³/mol. The molecule has 114 valence electrons. The van der Waals surface area contributed by atoms with Gasteiger partial charge in [0, 0.05) is 39.5 Å². The van der Waals surface area contributed by atoms with Gasteiger partial charge in [-0.25, -0.2) is 0 Å². The van der Waals surface area contributed by atoms with Gasteiger partial charge in [0.25, 0.3) is 0 Å². The first-order valence-corrected chi connectivity index (χ1v) is 6.82. The third-order valence-corrected chi connectivity index (χ3v) is 3.34. The summed E-state index contributed by atoms with van der Waals surface area (Å²) in [5.74, 6) is 0. The SMILES string of the molecule is COCCN(CCOC)CC(O)c1ccc(C)c(N)c1. The second-order valence-corrected chi connectivity index (χ2v) is 4.92. The molecule has 1 rings (SSSR count). The number of rotatable bonds is 9. The lowest BCUT2D eigenvalue weighted by Gasteiger charge is -2.25. The molecule has 0 bridgehead atoms. The average molecular weight is 282 g/mol. The lowest BCUT2D eigenvalue weighted by molar-refractivity contribution is 0.0697. The molecule has 0 spiro atoms. The van der Waals surface area contributed by atoms with E-state index in [2.05, 4.69) is 4.90 Å². The van der Waals surface area contributed by atoms with E-state index in [9.17, 15) is 5.11 Å². The van der Waals surface area contributed by atoms with Gasteiger partial charge in [0.15, 0.2) is 0 Å². The third-order valence-electron chi connectivity index (χ3n) is 3.34. The molecule has 20 heavy (non-hydrogen) atoms. The molecule has 5 nitrogen and oxygen atoms in total.